The predicted molar refractivity (Wildman–Crippen MR) is 230 cm³/mol. The van der Waals surface area contributed by atoms with Crippen molar-refractivity contribution in [1.82, 2.24) is 67.6 Å². The van der Waals surface area contributed by atoms with Crippen molar-refractivity contribution in [2.75, 3.05) is 72.0 Å². The van der Waals surface area contributed by atoms with Crippen molar-refractivity contribution in [3.63, 3.8) is 0 Å². The average Bonchev–Trinajstić information content (AvgIpc) is 3.79. The van der Waals surface area contributed by atoms with E-state index in [0.29, 0.717) is 5.69 Å². The van der Waals surface area contributed by atoms with Gasteiger partial charge in [0.2, 0.25) is 59.1 Å². The number of nitrogens with zero attached hydrogens (tertiary/aromatic N) is 3. The van der Waals surface area contributed by atoms with Gasteiger partial charge in [-0.25, -0.2) is 4.98 Å². The summed E-state index contributed by atoms with van der Waals surface area (Å²) in [6.45, 7) is -2.69. The summed E-state index contributed by atoms with van der Waals surface area (Å²) in [5.74, 6) is -8.53. The molecule has 0 aliphatic carbocycles. The summed E-state index contributed by atoms with van der Waals surface area (Å²) in [4.78, 5) is 153. The first-order valence-corrected chi connectivity index (χ1v) is 21.4. The van der Waals surface area contributed by atoms with Crippen molar-refractivity contribution < 1.29 is 57.8 Å². The van der Waals surface area contributed by atoms with E-state index in [1.165, 1.54) is 12.5 Å². The zero-order valence-corrected chi connectivity index (χ0v) is 36.3. The average molecular weight is 924 g/mol. The maximum Gasteiger partial charge on any atom is 0.305 e. The van der Waals surface area contributed by atoms with E-state index in [-0.39, 0.29) is 90.9 Å². The maximum atomic E-state index is 13.7. The molecule has 0 saturated carbocycles. The van der Waals surface area contributed by atoms with Crippen LogP contribution in [0.1, 0.15) is 43.4 Å². The number of carboxylic acid groups (broad SMARTS) is 1. The molecule has 2 bridgehead atoms. The lowest BCUT2D eigenvalue weighted by Crippen LogP contribution is -2.52. The summed E-state index contributed by atoms with van der Waals surface area (Å²) in [6, 6.07) is 5.14. The molecule has 11 N–H and O–H groups in total. The molecule has 0 spiro atoms. The molecule has 3 aliphatic heterocycles. The first-order chi connectivity index (χ1) is 31.6. The van der Waals surface area contributed by atoms with Crippen LogP contribution in [-0.4, -0.2) is 180 Å². The first kappa shape index (κ1) is 51.2. The van der Waals surface area contributed by atoms with Gasteiger partial charge in [0.05, 0.1) is 19.3 Å². The van der Waals surface area contributed by atoms with Crippen molar-refractivity contribution in [3.05, 3.63) is 54.1 Å². The van der Waals surface area contributed by atoms with Gasteiger partial charge in [0.1, 0.15) is 31.2 Å². The number of rotatable bonds is 6. The molecule has 66 heavy (non-hydrogen) atoms. The Morgan fingerprint density at radius 1 is 0.576 bits per heavy atom. The third-order valence-corrected chi connectivity index (χ3v) is 10.2. The zero-order chi connectivity index (χ0) is 47.8. The number of aromatic amines is 1. The molecule has 3 saturated heterocycles. The summed E-state index contributed by atoms with van der Waals surface area (Å²) in [5.41, 5.74) is 1.25. The molecular weight excluding hydrogens is 867 g/mol. The number of aliphatic carboxylic acids is 1. The normalized spacial score (nSPS) is 23.0. The predicted octanol–water partition coefficient (Wildman–Crippen LogP) is -5.46. The SMILES string of the molecule is O=C(O)C[C@@H]1NC(=O)CCN2CCNC(=O)C(Cc3ccccc3)NC(=O)CCNC(=O)CN(CC(=O)NCCC(=O)N[C@@H](Cc3cnc[nH]3)C(=O)NCC2)C(=O)CNC(=O)CCNC1=O. The van der Waals surface area contributed by atoms with E-state index in [9.17, 15) is 57.8 Å². The fraction of sp³-hybridized carbons (Fsp3) is 0.512. The summed E-state index contributed by atoms with van der Waals surface area (Å²) in [7, 11) is 0. The molecule has 358 valence electrons. The number of carbonyl (C=O) groups is 11. The number of carbonyl (C=O) groups excluding carboxylic acids is 10. The van der Waals surface area contributed by atoms with E-state index in [4.69, 9.17) is 0 Å². The smallest absolute Gasteiger partial charge is 0.305 e. The largest absolute Gasteiger partial charge is 0.481 e. The van der Waals surface area contributed by atoms with Gasteiger partial charge in [0, 0.05) is 103 Å². The molecule has 1 aromatic carbocycles. The molecule has 2 aromatic rings. The second-order valence-electron chi connectivity index (χ2n) is 15.4. The van der Waals surface area contributed by atoms with Crippen LogP contribution < -0.4 is 47.9 Å². The Kier molecular flexibility index (Phi) is 21.0. The third kappa shape index (κ3) is 19.1. The number of hydrogen-bond acceptors (Lipinski definition) is 13. The second-order valence-corrected chi connectivity index (χ2v) is 15.4. The van der Waals surface area contributed by atoms with Crippen LogP contribution >= 0.6 is 0 Å². The quantitative estimate of drug-likeness (QED) is 0.129. The Bertz CT molecular complexity index is 2040. The molecule has 3 aliphatic rings. The number of aromatic nitrogens is 2. The number of nitrogens with one attached hydrogen (secondary N) is 10. The summed E-state index contributed by atoms with van der Waals surface area (Å²) in [5, 5.41) is 32.6. The minimum absolute atomic E-state index is 0.00129. The van der Waals surface area contributed by atoms with Crippen molar-refractivity contribution in [2.24, 2.45) is 0 Å². The minimum Gasteiger partial charge on any atom is -0.481 e. The molecule has 4 heterocycles. The maximum absolute atomic E-state index is 13.7. The molecule has 3 fully saturated rings. The number of carboxylic acids is 1. The van der Waals surface area contributed by atoms with E-state index in [2.05, 4.69) is 57.8 Å². The lowest BCUT2D eigenvalue weighted by atomic mass is 10.0. The number of benzene rings is 1. The zero-order valence-electron chi connectivity index (χ0n) is 36.3. The number of amides is 10. The Labute approximate surface area is 379 Å². The Balaban J connectivity index is 1.66. The number of fused-ring (bicyclic) bond motifs is 34. The molecule has 2 unspecified atom stereocenters. The van der Waals surface area contributed by atoms with Gasteiger partial charge in [-0.15, -0.1) is 0 Å². The fourth-order valence-corrected chi connectivity index (χ4v) is 6.70. The summed E-state index contributed by atoms with van der Waals surface area (Å²) >= 11 is 0. The standard InChI is InChI=1S/C41H57N13O12/c55-31-6-12-45-41(66)30(20-38(62)63)52-34(58)9-15-53-16-13-46-39(64)28(18-26-4-2-1-3-5-26)50-32(56)7-10-43-35(59)23-54(37(61)22-48-31)24-36(60)44-11-8-33(57)51-29(40(65)47-14-17-53)19-27-21-42-25-49-27/h1-5,21,25,28-30H,6-20,22-24H2,(H,42,49)(H,43,59)(H,44,60)(H,45,66)(H,46,64)(H,47,65)(H,48,55)(H,50,56)(H,51,57)(H,52,58)(H,62,63)/t28?,29-,30-/m0/s1. The Morgan fingerprint density at radius 3 is 1.67 bits per heavy atom. The molecule has 10 amide bonds. The fourth-order valence-electron chi connectivity index (χ4n) is 6.70. The van der Waals surface area contributed by atoms with Gasteiger partial charge in [-0.1, -0.05) is 30.3 Å². The highest BCUT2D eigenvalue weighted by Gasteiger charge is 2.27. The van der Waals surface area contributed by atoms with Crippen LogP contribution in [-0.2, 0) is 65.6 Å². The van der Waals surface area contributed by atoms with Crippen LogP contribution in [0.4, 0.5) is 0 Å². The molecule has 5 rings (SSSR count). The van der Waals surface area contributed by atoms with Crippen LogP contribution in [0.15, 0.2) is 42.9 Å². The Morgan fingerprint density at radius 2 is 1.09 bits per heavy atom. The molecular formula is C41H57N13O12. The lowest BCUT2D eigenvalue weighted by Gasteiger charge is -2.25. The van der Waals surface area contributed by atoms with Crippen molar-refractivity contribution in [2.45, 2.75) is 63.1 Å². The van der Waals surface area contributed by atoms with Crippen LogP contribution in [0.5, 0.6) is 0 Å². The highest BCUT2D eigenvalue weighted by molar-refractivity contribution is 5.93. The highest BCUT2D eigenvalue weighted by Crippen LogP contribution is 2.06. The van der Waals surface area contributed by atoms with Gasteiger partial charge in [-0.2, -0.15) is 0 Å². The number of H-pyrrole nitrogens is 1. The van der Waals surface area contributed by atoms with E-state index < -0.39 is 109 Å². The second kappa shape index (κ2) is 27.0. The highest BCUT2D eigenvalue weighted by atomic mass is 16.4. The van der Waals surface area contributed by atoms with Gasteiger partial charge in [-0.05, 0) is 5.56 Å². The third-order valence-electron chi connectivity index (χ3n) is 10.2. The summed E-state index contributed by atoms with van der Waals surface area (Å²) < 4.78 is 0. The lowest BCUT2D eigenvalue weighted by molar-refractivity contribution is -0.141. The van der Waals surface area contributed by atoms with Gasteiger partial charge in [0.25, 0.3) is 0 Å². The first-order valence-electron chi connectivity index (χ1n) is 21.4. The molecule has 1 aromatic heterocycles. The Hall–Kier alpha value is -7.44. The minimum atomic E-state index is -1.54. The van der Waals surface area contributed by atoms with Gasteiger partial charge in [-0.3, -0.25) is 57.6 Å². The summed E-state index contributed by atoms with van der Waals surface area (Å²) in [6.07, 6.45) is 0.959. The molecule has 4 atom stereocenters. The van der Waals surface area contributed by atoms with E-state index >= 15 is 0 Å². The molecule has 25 heteroatoms. The number of imidazole rings is 1. The molecule has 25 nitrogen and oxygen atoms in total. The topological polar surface area (TPSA) is 351 Å². The van der Waals surface area contributed by atoms with Gasteiger partial charge < -0.3 is 62.8 Å². The number of hydrogen-bond donors (Lipinski definition) is 11. The van der Waals surface area contributed by atoms with Crippen LogP contribution in [0.25, 0.3) is 0 Å². The van der Waals surface area contributed by atoms with E-state index in [0.717, 1.165) is 10.5 Å². The van der Waals surface area contributed by atoms with E-state index in [1.54, 1.807) is 35.2 Å². The van der Waals surface area contributed by atoms with Gasteiger partial charge in [0.15, 0.2) is 0 Å². The van der Waals surface area contributed by atoms with Crippen LogP contribution in [0, 0.1) is 0 Å². The van der Waals surface area contributed by atoms with Crippen molar-refractivity contribution in [1.29, 1.82) is 0 Å². The van der Waals surface area contributed by atoms with Crippen molar-refractivity contribution >= 4 is 65.0 Å². The van der Waals surface area contributed by atoms with Crippen LogP contribution in [0.2, 0.25) is 0 Å². The monoisotopic (exact) mass is 923 g/mol. The van der Waals surface area contributed by atoms with Crippen molar-refractivity contribution in [3.8, 4) is 0 Å². The van der Waals surface area contributed by atoms with Crippen LogP contribution in [0.3, 0.4) is 0 Å². The van der Waals surface area contributed by atoms with Gasteiger partial charge >= 0.3 is 5.97 Å². The molecule has 0 radical (unpaired) electrons. The van der Waals surface area contributed by atoms with E-state index in [1.807, 2.05) is 0 Å².